The maximum atomic E-state index is 13.2. The predicted molar refractivity (Wildman–Crippen MR) is 77.4 cm³/mol. The van der Waals surface area contributed by atoms with Crippen LogP contribution in [0.15, 0.2) is 12.1 Å². The van der Waals surface area contributed by atoms with Crippen molar-refractivity contribution in [1.82, 2.24) is 5.32 Å². The molecule has 1 aromatic carbocycles. The standard InChI is InChI=1S/C12H16FN3O3S/c1-7(3-4-20-2)15-12(17)8-5-10(14)9(13)6-11(8)16(18)19/h5-7H,3-4,14H2,1-2H3,(H,15,17). The number of anilines is 1. The summed E-state index contributed by atoms with van der Waals surface area (Å²) in [7, 11) is 0. The first-order chi connectivity index (χ1) is 9.36. The summed E-state index contributed by atoms with van der Waals surface area (Å²) >= 11 is 1.64. The lowest BCUT2D eigenvalue weighted by Gasteiger charge is -2.13. The second-order valence-corrected chi connectivity index (χ2v) is 5.29. The number of amides is 1. The van der Waals surface area contributed by atoms with Crippen LogP contribution in [0.5, 0.6) is 0 Å². The minimum Gasteiger partial charge on any atom is -0.396 e. The Balaban J connectivity index is 2.97. The zero-order valence-corrected chi connectivity index (χ0v) is 12.0. The fourth-order valence-electron chi connectivity index (χ4n) is 1.58. The molecule has 0 saturated carbocycles. The van der Waals surface area contributed by atoms with Gasteiger partial charge in [-0.3, -0.25) is 14.9 Å². The van der Waals surface area contributed by atoms with Gasteiger partial charge in [0.1, 0.15) is 5.56 Å². The Morgan fingerprint density at radius 3 is 2.80 bits per heavy atom. The molecule has 0 saturated heterocycles. The molecule has 0 spiro atoms. The number of rotatable bonds is 6. The number of thioether (sulfide) groups is 1. The van der Waals surface area contributed by atoms with Gasteiger partial charge in [0.25, 0.3) is 11.6 Å². The largest absolute Gasteiger partial charge is 0.396 e. The average Bonchev–Trinajstić information content (AvgIpc) is 2.38. The highest BCUT2D eigenvalue weighted by molar-refractivity contribution is 7.98. The van der Waals surface area contributed by atoms with Crippen LogP contribution in [-0.2, 0) is 0 Å². The SMILES string of the molecule is CSCCC(C)NC(=O)c1cc(N)c(F)cc1[N+](=O)[O-]. The number of hydrogen-bond acceptors (Lipinski definition) is 5. The van der Waals surface area contributed by atoms with Crippen molar-refractivity contribution in [1.29, 1.82) is 0 Å². The van der Waals surface area contributed by atoms with Gasteiger partial charge < -0.3 is 11.1 Å². The molecular weight excluding hydrogens is 285 g/mol. The van der Waals surface area contributed by atoms with E-state index in [1.807, 2.05) is 6.26 Å². The molecule has 0 aliphatic carbocycles. The van der Waals surface area contributed by atoms with Crippen molar-refractivity contribution in [3.63, 3.8) is 0 Å². The van der Waals surface area contributed by atoms with Gasteiger partial charge in [-0.15, -0.1) is 0 Å². The van der Waals surface area contributed by atoms with E-state index < -0.39 is 22.3 Å². The van der Waals surface area contributed by atoms with Crippen LogP contribution in [0.25, 0.3) is 0 Å². The quantitative estimate of drug-likeness (QED) is 0.477. The van der Waals surface area contributed by atoms with Crippen molar-refractivity contribution in [3.05, 3.63) is 33.6 Å². The van der Waals surface area contributed by atoms with E-state index in [4.69, 9.17) is 5.73 Å². The van der Waals surface area contributed by atoms with Gasteiger partial charge in [0, 0.05) is 6.04 Å². The van der Waals surface area contributed by atoms with Crippen molar-refractivity contribution in [3.8, 4) is 0 Å². The lowest BCUT2D eigenvalue weighted by atomic mass is 10.1. The van der Waals surface area contributed by atoms with Crippen LogP contribution in [0.2, 0.25) is 0 Å². The lowest BCUT2D eigenvalue weighted by molar-refractivity contribution is -0.385. The number of carbonyl (C=O) groups excluding carboxylic acids is 1. The van der Waals surface area contributed by atoms with Crippen LogP contribution in [0.4, 0.5) is 15.8 Å². The fraction of sp³-hybridized carbons (Fsp3) is 0.417. The van der Waals surface area contributed by atoms with Crippen molar-refractivity contribution in [2.75, 3.05) is 17.7 Å². The Hall–Kier alpha value is -1.83. The number of hydrogen-bond donors (Lipinski definition) is 2. The highest BCUT2D eigenvalue weighted by atomic mass is 32.2. The van der Waals surface area contributed by atoms with Crippen molar-refractivity contribution in [2.45, 2.75) is 19.4 Å². The lowest BCUT2D eigenvalue weighted by Crippen LogP contribution is -2.33. The second-order valence-electron chi connectivity index (χ2n) is 4.30. The first-order valence-electron chi connectivity index (χ1n) is 5.90. The van der Waals surface area contributed by atoms with Crippen LogP contribution >= 0.6 is 11.8 Å². The van der Waals surface area contributed by atoms with Gasteiger partial charge in [0.2, 0.25) is 0 Å². The van der Waals surface area contributed by atoms with E-state index in [9.17, 15) is 19.3 Å². The number of nitrogens with one attached hydrogen (secondary N) is 1. The van der Waals surface area contributed by atoms with Crippen molar-refractivity contribution in [2.24, 2.45) is 0 Å². The maximum Gasteiger partial charge on any atom is 0.285 e. The van der Waals surface area contributed by atoms with Gasteiger partial charge >= 0.3 is 0 Å². The highest BCUT2D eigenvalue weighted by Crippen LogP contribution is 2.24. The van der Waals surface area contributed by atoms with Crippen molar-refractivity contribution >= 4 is 29.0 Å². The molecule has 0 fully saturated rings. The molecular formula is C12H16FN3O3S. The topological polar surface area (TPSA) is 98.3 Å². The minimum atomic E-state index is -0.913. The number of nitrogen functional groups attached to an aromatic ring is 1. The number of nitrogens with two attached hydrogens (primary N) is 1. The molecule has 0 aliphatic rings. The average molecular weight is 301 g/mol. The summed E-state index contributed by atoms with van der Waals surface area (Å²) in [6.45, 7) is 1.80. The summed E-state index contributed by atoms with van der Waals surface area (Å²) in [6, 6.07) is 1.52. The Morgan fingerprint density at radius 2 is 2.25 bits per heavy atom. The van der Waals surface area contributed by atoms with Crippen molar-refractivity contribution < 1.29 is 14.1 Å². The molecule has 1 atom stereocenters. The molecule has 1 unspecified atom stereocenters. The smallest absolute Gasteiger partial charge is 0.285 e. The molecule has 0 bridgehead atoms. The Bertz CT molecular complexity index is 525. The monoisotopic (exact) mass is 301 g/mol. The van der Waals surface area contributed by atoms with E-state index in [2.05, 4.69) is 5.32 Å². The normalized spacial score (nSPS) is 11.9. The molecule has 1 rings (SSSR count). The summed E-state index contributed by atoms with van der Waals surface area (Å²) in [5.74, 6) is -0.685. The van der Waals surface area contributed by atoms with E-state index in [0.29, 0.717) is 6.07 Å². The van der Waals surface area contributed by atoms with Gasteiger partial charge in [-0.05, 0) is 31.4 Å². The second kappa shape index (κ2) is 7.09. The molecule has 3 N–H and O–H groups in total. The predicted octanol–water partition coefficient (Wildman–Crippen LogP) is 2.19. The fourth-order valence-corrected chi connectivity index (χ4v) is 2.17. The molecule has 20 heavy (non-hydrogen) atoms. The number of nitrogens with zero attached hydrogens (tertiary/aromatic N) is 1. The Kier molecular flexibility index (Phi) is 5.75. The molecule has 0 aromatic heterocycles. The number of benzene rings is 1. The van der Waals surface area contributed by atoms with Gasteiger partial charge in [-0.2, -0.15) is 11.8 Å². The first-order valence-corrected chi connectivity index (χ1v) is 7.29. The number of halogens is 1. The van der Waals surface area contributed by atoms with Gasteiger partial charge in [0.15, 0.2) is 5.82 Å². The third kappa shape index (κ3) is 4.09. The zero-order chi connectivity index (χ0) is 15.3. The Morgan fingerprint density at radius 1 is 1.60 bits per heavy atom. The van der Waals surface area contributed by atoms with Crippen LogP contribution in [0.1, 0.15) is 23.7 Å². The van der Waals surface area contributed by atoms with Crippen LogP contribution in [0, 0.1) is 15.9 Å². The van der Waals surface area contributed by atoms with Crippen LogP contribution in [0.3, 0.4) is 0 Å². The van der Waals surface area contributed by atoms with Gasteiger partial charge in [-0.25, -0.2) is 4.39 Å². The van der Waals surface area contributed by atoms with E-state index in [1.54, 1.807) is 18.7 Å². The number of carbonyl (C=O) groups is 1. The van der Waals surface area contributed by atoms with E-state index in [0.717, 1.165) is 18.2 Å². The molecule has 8 heteroatoms. The highest BCUT2D eigenvalue weighted by Gasteiger charge is 2.23. The molecule has 0 aliphatic heterocycles. The number of nitro benzene ring substituents is 1. The summed E-state index contributed by atoms with van der Waals surface area (Å²) < 4.78 is 13.2. The van der Waals surface area contributed by atoms with E-state index in [1.165, 1.54) is 0 Å². The van der Waals surface area contributed by atoms with E-state index >= 15 is 0 Å². The summed E-state index contributed by atoms with van der Waals surface area (Å²) in [6.07, 6.45) is 2.68. The maximum absolute atomic E-state index is 13.2. The van der Waals surface area contributed by atoms with E-state index in [-0.39, 0.29) is 17.3 Å². The third-order valence-electron chi connectivity index (χ3n) is 2.69. The van der Waals surface area contributed by atoms with Gasteiger partial charge in [-0.1, -0.05) is 0 Å². The third-order valence-corrected chi connectivity index (χ3v) is 3.33. The molecule has 0 heterocycles. The minimum absolute atomic E-state index is 0.138. The first kappa shape index (κ1) is 16.2. The summed E-state index contributed by atoms with van der Waals surface area (Å²) in [5, 5.41) is 13.5. The zero-order valence-electron chi connectivity index (χ0n) is 11.2. The molecule has 110 valence electrons. The Labute approximate surface area is 120 Å². The summed E-state index contributed by atoms with van der Waals surface area (Å²) in [5.41, 5.74) is 4.24. The van der Waals surface area contributed by atoms with Gasteiger partial charge in [0.05, 0.1) is 16.7 Å². The van der Waals surface area contributed by atoms with Crippen LogP contribution < -0.4 is 11.1 Å². The summed E-state index contributed by atoms with van der Waals surface area (Å²) in [4.78, 5) is 22.1. The molecule has 1 aromatic rings. The molecule has 6 nitrogen and oxygen atoms in total. The van der Waals surface area contributed by atoms with Crippen LogP contribution in [-0.4, -0.2) is 28.9 Å². The number of nitro groups is 1. The molecule has 1 amide bonds. The molecule has 0 radical (unpaired) electrons.